The van der Waals surface area contributed by atoms with Gasteiger partial charge in [0, 0.05) is 18.7 Å². The molecule has 1 heterocycles. The van der Waals surface area contributed by atoms with Crippen molar-refractivity contribution in [1.29, 1.82) is 5.41 Å². The monoisotopic (exact) mass is 250 g/mol. The first-order chi connectivity index (χ1) is 8.72. The van der Waals surface area contributed by atoms with Crippen molar-refractivity contribution in [3.05, 3.63) is 35.9 Å². The molecule has 0 bridgehead atoms. The summed E-state index contributed by atoms with van der Waals surface area (Å²) in [6.07, 6.45) is -0.354. The van der Waals surface area contributed by atoms with E-state index in [2.05, 4.69) is 5.32 Å². The molecule has 1 aliphatic heterocycles. The van der Waals surface area contributed by atoms with Gasteiger partial charge in [-0.3, -0.25) is 4.79 Å². The average Bonchev–Trinajstić information content (AvgIpc) is 2.78. The second-order valence-corrected chi connectivity index (χ2v) is 4.25. The Morgan fingerprint density at radius 2 is 2.22 bits per heavy atom. The van der Waals surface area contributed by atoms with Gasteiger partial charge in [0.2, 0.25) is 0 Å². The van der Waals surface area contributed by atoms with Crippen LogP contribution in [0.25, 0.3) is 0 Å². The van der Waals surface area contributed by atoms with Crippen molar-refractivity contribution in [3.63, 3.8) is 0 Å². The third kappa shape index (κ3) is 2.73. The van der Waals surface area contributed by atoms with Crippen molar-refractivity contribution in [2.75, 3.05) is 6.54 Å². The van der Waals surface area contributed by atoms with Gasteiger partial charge in [-0.05, 0) is 5.56 Å². The lowest BCUT2D eigenvalue weighted by atomic mass is 10.1. The summed E-state index contributed by atoms with van der Waals surface area (Å²) in [6.45, 7) is 0.440. The summed E-state index contributed by atoms with van der Waals surface area (Å²) in [5.41, 5.74) is 0.864. The maximum Gasteiger partial charge on any atom is 0.326 e. The fraction of sp³-hybridized carbons (Fsp3) is 0.385. The van der Waals surface area contributed by atoms with E-state index in [9.17, 15) is 9.18 Å². The number of ether oxygens (including phenoxy) is 1. The molecule has 0 aliphatic carbocycles. The minimum Gasteiger partial charge on any atom is -0.460 e. The third-order valence-electron chi connectivity index (χ3n) is 2.99. The standard InChI is InChI=1S/C13H15FN2O2/c14-11-10(6-15)7-16-12(11)13(17)18-8-9-4-2-1-3-5-9/h1-6,10-12,15-16H,7-8H2/t10-,11+,12+/m1/s1. The summed E-state index contributed by atoms with van der Waals surface area (Å²) >= 11 is 0. The van der Waals surface area contributed by atoms with E-state index in [0.29, 0.717) is 6.54 Å². The quantitative estimate of drug-likeness (QED) is 0.625. The summed E-state index contributed by atoms with van der Waals surface area (Å²) in [6, 6.07) is 8.28. The summed E-state index contributed by atoms with van der Waals surface area (Å²) < 4.78 is 18.8. The molecule has 3 atom stereocenters. The van der Waals surface area contributed by atoms with E-state index in [0.717, 1.165) is 11.8 Å². The van der Waals surface area contributed by atoms with Gasteiger partial charge < -0.3 is 15.5 Å². The van der Waals surface area contributed by atoms with Gasteiger partial charge in [0.15, 0.2) is 0 Å². The first-order valence-corrected chi connectivity index (χ1v) is 5.81. The normalized spacial score (nSPS) is 26.8. The minimum atomic E-state index is -1.38. The van der Waals surface area contributed by atoms with E-state index in [-0.39, 0.29) is 6.61 Å². The lowest BCUT2D eigenvalue weighted by molar-refractivity contribution is -0.148. The van der Waals surface area contributed by atoms with Crippen molar-refractivity contribution in [2.24, 2.45) is 5.92 Å². The average molecular weight is 250 g/mol. The highest BCUT2D eigenvalue weighted by Gasteiger charge is 2.40. The van der Waals surface area contributed by atoms with Crippen LogP contribution < -0.4 is 5.32 Å². The predicted molar refractivity (Wildman–Crippen MR) is 65.2 cm³/mol. The number of alkyl halides is 1. The fourth-order valence-corrected chi connectivity index (χ4v) is 1.92. The van der Waals surface area contributed by atoms with Crippen LogP contribution in [0, 0.1) is 11.3 Å². The van der Waals surface area contributed by atoms with Crippen LogP contribution in [0.3, 0.4) is 0 Å². The van der Waals surface area contributed by atoms with Crippen LogP contribution in [-0.2, 0) is 16.1 Å². The summed E-state index contributed by atoms with van der Waals surface area (Å²) in [5, 5.41) is 9.78. The number of benzene rings is 1. The Hall–Kier alpha value is -1.75. The van der Waals surface area contributed by atoms with E-state index in [1.54, 1.807) is 0 Å². The van der Waals surface area contributed by atoms with Gasteiger partial charge in [0.1, 0.15) is 18.8 Å². The van der Waals surface area contributed by atoms with Crippen molar-refractivity contribution < 1.29 is 13.9 Å². The van der Waals surface area contributed by atoms with E-state index in [1.165, 1.54) is 0 Å². The number of nitrogens with one attached hydrogen (secondary N) is 2. The van der Waals surface area contributed by atoms with Crippen LogP contribution in [0.1, 0.15) is 5.56 Å². The second-order valence-electron chi connectivity index (χ2n) is 4.25. The molecule has 1 aromatic rings. The number of rotatable bonds is 4. The molecule has 2 rings (SSSR count). The second kappa shape index (κ2) is 5.73. The van der Waals surface area contributed by atoms with Gasteiger partial charge in [-0.1, -0.05) is 30.3 Å². The number of carbonyl (C=O) groups excluding carboxylic acids is 1. The molecule has 0 saturated carbocycles. The Morgan fingerprint density at radius 1 is 1.50 bits per heavy atom. The van der Waals surface area contributed by atoms with Crippen molar-refractivity contribution in [2.45, 2.75) is 18.8 Å². The molecule has 96 valence electrons. The lowest BCUT2D eigenvalue weighted by Crippen LogP contribution is -2.38. The third-order valence-corrected chi connectivity index (χ3v) is 2.99. The number of hydrogen-bond acceptors (Lipinski definition) is 4. The van der Waals surface area contributed by atoms with Crippen LogP contribution in [-0.4, -0.2) is 30.9 Å². The van der Waals surface area contributed by atoms with Gasteiger partial charge in [0.25, 0.3) is 0 Å². The Balaban J connectivity index is 1.87. The van der Waals surface area contributed by atoms with E-state index in [4.69, 9.17) is 10.1 Å². The predicted octanol–water partition coefficient (Wildman–Crippen LogP) is 1.31. The molecule has 2 N–H and O–H groups in total. The van der Waals surface area contributed by atoms with Crippen molar-refractivity contribution in [1.82, 2.24) is 5.32 Å². The molecule has 1 fully saturated rings. The number of carbonyl (C=O) groups is 1. The molecule has 0 amide bonds. The van der Waals surface area contributed by atoms with Crippen LogP contribution in [0.15, 0.2) is 30.3 Å². The molecular formula is C13H15FN2O2. The molecule has 1 aliphatic rings. The zero-order valence-electron chi connectivity index (χ0n) is 9.80. The van der Waals surface area contributed by atoms with Crippen LogP contribution in [0.4, 0.5) is 4.39 Å². The SMILES string of the molecule is N=C[C@@H]1CN[C@H](C(=O)OCc2ccccc2)[C@H]1F. The number of esters is 1. The van der Waals surface area contributed by atoms with Crippen LogP contribution in [0.2, 0.25) is 0 Å². The van der Waals surface area contributed by atoms with Gasteiger partial charge in [0.05, 0.1) is 0 Å². The largest absolute Gasteiger partial charge is 0.460 e. The summed E-state index contributed by atoms with van der Waals surface area (Å²) in [7, 11) is 0. The van der Waals surface area contributed by atoms with Crippen LogP contribution in [0.5, 0.6) is 0 Å². The molecule has 1 aromatic carbocycles. The van der Waals surface area contributed by atoms with Crippen LogP contribution >= 0.6 is 0 Å². The highest BCUT2D eigenvalue weighted by Crippen LogP contribution is 2.18. The van der Waals surface area contributed by atoms with Crippen molar-refractivity contribution in [3.8, 4) is 0 Å². The zero-order valence-corrected chi connectivity index (χ0v) is 9.80. The Kier molecular flexibility index (Phi) is 4.04. The van der Waals surface area contributed by atoms with Gasteiger partial charge in [-0.25, -0.2) is 4.39 Å². The molecule has 0 spiro atoms. The van der Waals surface area contributed by atoms with E-state index < -0.39 is 24.1 Å². The molecule has 0 unspecified atom stereocenters. The lowest BCUT2D eigenvalue weighted by Gasteiger charge is -2.13. The molecule has 0 aromatic heterocycles. The molecule has 5 heteroatoms. The summed E-state index contributed by atoms with van der Waals surface area (Å²) in [5.74, 6) is -1.14. The smallest absolute Gasteiger partial charge is 0.326 e. The first kappa shape index (κ1) is 12.7. The van der Waals surface area contributed by atoms with E-state index >= 15 is 0 Å². The van der Waals surface area contributed by atoms with Crippen molar-refractivity contribution >= 4 is 12.2 Å². The van der Waals surface area contributed by atoms with Gasteiger partial charge in [-0.2, -0.15) is 0 Å². The fourth-order valence-electron chi connectivity index (χ4n) is 1.92. The number of halogens is 1. The van der Waals surface area contributed by atoms with Gasteiger partial charge >= 0.3 is 5.97 Å². The first-order valence-electron chi connectivity index (χ1n) is 5.81. The Bertz CT molecular complexity index is 424. The molecule has 18 heavy (non-hydrogen) atoms. The number of hydrogen-bond donors (Lipinski definition) is 2. The minimum absolute atomic E-state index is 0.139. The topological polar surface area (TPSA) is 62.2 Å². The van der Waals surface area contributed by atoms with Gasteiger partial charge in [-0.15, -0.1) is 0 Å². The maximum absolute atomic E-state index is 13.7. The Labute approximate surface area is 105 Å². The highest BCUT2D eigenvalue weighted by atomic mass is 19.1. The summed E-state index contributed by atoms with van der Waals surface area (Å²) in [4.78, 5) is 11.7. The maximum atomic E-state index is 13.7. The zero-order chi connectivity index (χ0) is 13.0. The molecule has 0 radical (unpaired) electrons. The highest BCUT2D eigenvalue weighted by molar-refractivity contribution is 5.78. The Morgan fingerprint density at radius 3 is 2.83 bits per heavy atom. The molecule has 1 saturated heterocycles. The molecular weight excluding hydrogens is 235 g/mol. The molecule has 4 nitrogen and oxygen atoms in total. The van der Waals surface area contributed by atoms with E-state index in [1.807, 2.05) is 30.3 Å².